The van der Waals surface area contributed by atoms with E-state index in [2.05, 4.69) is 20.3 Å². The molecule has 10 heteroatoms. The number of anilines is 1. The van der Waals surface area contributed by atoms with Crippen LogP contribution in [0.15, 0.2) is 18.2 Å². The van der Waals surface area contributed by atoms with Gasteiger partial charge >= 0.3 is 0 Å². The molecule has 0 spiro atoms. The quantitative estimate of drug-likeness (QED) is 0.589. The van der Waals surface area contributed by atoms with Crippen molar-refractivity contribution in [2.45, 2.75) is 45.1 Å². The summed E-state index contributed by atoms with van der Waals surface area (Å²) in [5.41, 5.74) is 1.31. The van der Waals surface area contributed by atoms with Gasteiger partial charge in [0.15, 0.2) is 17.0 Å². The van der Waals surface area contributed by atoms with E-state index in [1.54, 1.807) is 21.7 Å². The molecule has 0 saturated carbocycles. The molecule has 154 valence electrons. The number of aromatic nitrogens is 5. The lowest BCUT2D eigenvalue weighted by Gasteiger charge is -2.22. The van der Waals surface area contributed by atoms with Crippen LogP contribution in [-0.2, 0) is 12.0 Å². The molecule has 0 amide bonds. The summed E-state index contributed by atoms with van der Waals surface area (Å²) in [6.45, 7) is 6.06. The average Bonchev–Trinajstić information content (AvgIpc) is 3.19. The van der Waals surface area contributed by atoms with E-state index in [1.807, 2.05) is 26.8 Å². The fourth-order valence-corrected chi connectivity index (χ4v) is 3.70. The van der Waals surface area contributed by atoms with Gasteiger partial charge in [-0.25, -0.2) is 23.4 Å². The molecule has 1 saturated heterocycles. The number of halogens is 4. The van der Waals surface area contributed by atoms with E-state index in [0.29, 0.717) is 39.4 Å². The number of nitrogens with zero attached hydrogens (tertiary/aromatic N) is 6. The van der Waals surface area contributed by atoms with Gasteiger partial charge in [0.05, 0.1) is 13.1 Å². The molecule has 1 fully saturated rings. The van der Waals surface area contributed by atoms with Gasteiger partial charge in [-0.1, -0.05) is 55.3 Å². The fraction of sp³-hybridized carbons (Fsp3) is 0.474. The zero-order valence-electron chi connectivity index (χ0n) is 16.3. The van der Waals surface area contributed by atoms with Gasteiger partial charge in [0.2, 0.25) is 0 Å². The molecule has 1 aliphatic rings. The Kier molecular flexibility index (Phi) is 4.90. The van der Waals surface area contributed by atoms with Crippen molar-refractivity contribution in [3.63, 3.8) is 0 Å². The van der Waals surface area contributed by atoms with E-state index in [1.165, 1.54) is 0 Å². The smallest absolute Gasteiger partial charge is 0.266 e. The second-order valence-electron chi connectivity index (χ2n) is 8.30. The lowest BCUT2D eigenvalue weighted by atomic mass is 9.96. The zero-order valence-corrected chi connectivity index (χ0v) is 17.8. The molecule has 0 aliphatic carbocycles. The third-order valence-electron chi connectivity index (χ3n) is 4.82. The number of fused-ring (bicyclic) bond motifs is 1. The van der Waals surface area contributed by atoms with Gasteiger partial charge in [-0.15, -0.1) is 5.10 Å². The van der Waals surface area contributed by atoms with Crippen LogP contribution in [0.5, 0.6) is 0 Å². The molecule has 0 bridgehead atoms. The minimum absolute atomic E-state index is 0.207. The summed E-state index contributed by atoms with van der Waals surface area (Å²) < 4.78 is 29.3. The molecule has 0 radical (unpaired) electrons. The van der Waals surface area contributed by atoms with Crippen molar-refractivity contribution in [2.75, 3.05) is 18.0 Å². The van der Waals surface area contributed by atoms with Crippen LogP contribution in [0.2, 0.25) is 10.0 Å². The maximum Gasteiger partial charge on any atom is 0.266 e. The van der Waals surface area contributed by atoms with Crippen LogP contribution in [0, 0.1) is 0 Å². The minimum Gasteiger partial charge on any atom is -0.348 e. The Balaban J connectivity index is 1.82. The first-order valence-electron chi connectivity index (χ1n) is 9.22. The Morgan fingerprint density at radius 2 is 1.93 bits per heavy atom. The molecule has 0 N–H and O–H groups in total. The van der Waals surface area contributed by atoms with Crippen LogP contribution < -0.4 is 4.90 Å². The second kappa shape index (κ2) is 7.02. The van der Waals surface area contributed by atoms with E-state index < -0.39 is 12.5 Å². The molecular formula is C19H20Cl2F2N6. The highest BCUT2D eigenvalue weighted by Gasteiger charge is 2.40. The van der Waals surface area contributed by atoms with Crippen molar-refractivity contribution in [2.24, 2.45) is 0 Å². The first-order valence-corrected chi connectivity index (χ1v) is 9.97. The number of rotatable bonds is 3. The maximum atomic E-state index is 13.8. The summed E-state index contributed by atoms with van der Waals surface area (Å²) in [4.78, 5) is 10.8. The van der Waals surface area contributed by atoms with Crippen LogP contribution in [0.4, 0.5) is 14.6 Å². The predicted octanol–water partition coefficient (Wildman–Crippen LogP) is 4.72. The summed E-state index contributed by atoms with van der Waals surface area (Å²) >= 11 is 12.3. The number of hydrogen-bond acceptors (Lipinski definition) is 5. The van der Waals surface area contributed by atoms with Crippen molar-refractivity contribution in [1.29, 1.82) is 0 Å². The summed E-state index contributed by atoms with van der Waals surface area (Å²) in [5, 5.41) is 9.46. The summed E-state index contributed by atoms with van der Waals surface area (Å²) in [6.07, 6.45) is -0.210. The van der Waals surface area contributed by atoms with Crippen molar-refractivity contribution >= 4 is 40.2 Å². The van der Waals surface area contributed by atoms with Crippen LogP contribution in [0.25, 0.3) is 11.2 Å². The average molecular weight is 441 g/mol. The molecule has 4 rings (SSSR count). The third-order valence-corrected chi connectivity index (χ3v) is 5.41. The van der Waals surface area contributed by atoms with Gasteiger partial charge in [0.1, 0.15) is 5.82 Å². The van der Waals surface area contributed by atoms with Gasteiger partial charge < -0.3 is 4.90 Å². The lowest BCUT2D eigenvalue weighted by molar-refractivity contribution is 0.0257. The molecule has 1 aromatic carbocycles. The Hall–Kier alpha value is -2.06. The Morgan fingerprint density at radius 1 is 1.17 bits per heavy atom. The summed E-state index contributed by atoms with van der Waals surface area (Å²) in [6, 6.07) is 5.21. The molecule has 0 atom stereocenters. The SMILES string of the molecule is CC(C)(C)c1nc(N2CCC(F)(F)C2)c2nnn(Cc3ccc(Cl)cc3Cl)c2n1. The van der Waals surface area contributed by atoms with Crippen LogP contribution in [-0.4, -0.2) is 44.0 Å². The van der Waals surface area contributed by atoms with Gasteiger partial charge in [0.25, 0.3) is 5.92 Å². The van der Waals surface area contributed by atoms with Crippen molar-refractivity contribution in [3.8, 4) is 0 Å². The Bertz CT molecular complexity index is 1080. The molecule has 6 nitrogen and oxygen atoms in total. The molecule has 0 unspecified atom stereocenters. The molecule has 1 aliphatic heterocycles. The third kappa shape index (κ3) is 4.00. The maximum absolute atomic E-state index is 13.8. The van der Waals surface area contributed by atoms with Crippen molar-refractivity contribution < 1.29 is 8.78 Å². The van der Waals surface area contributed by atoms with Crippen LogP contribution in [0.1, 0.15) is 38.6 Å². The standard InChI is InChI=1S/C19H20Cl2F2N6/c1-18(2,3)17-24-15(28-7-6-19(22,23)10-28)14-16(25-17)29(27-26-14)9-11-4-5-12(20)8-13(11)21/h4-5,8H,6-7,9-10H2,1-3H3. The van der Waals surface area contributed by atoms with Gasteiger partial charge in [0, 0.05) is 28.4 Å². The number of alkyl halides is 2. The van der Waals surface area contributed by atoms with Crippen molar-refractivity contribution in [1.82, 2.24) is 25.0 Å². The number of hydrogen-bond donors (Lipinski definition) is 0. The molecule has 3 heterocycles. The molecular weight excluding hydrogens is 421 g/mol. The summed E-state index contributed by atoms with van der Waals surface area (Å²) in [7, 11) is 0. The fourth-order valence-electron chi connectivity index (χ4n) is 3.23. The monoisotopic (exact) mass is 440 g/mol. The van der Waals surface area contributed by atoms with Crippen LogP contribution in [0.3, 0.4) is 0 Å². The molecule has 2 aromatic heterocycles. The Morgan fingerprint density at radius 3 is 2.55 bits per heavy atom. The first-order chi connectivity index (χ1) is 13.5. The van der Waals surface area contributed by atoms with Crippen LogP contribution >= 0.6 is 23.2 Å². The molecule has 3 aromatic rings. The topological polar surface area (TPSA) is 59.7 Å². The van der Waals surface area contributed by atoms with E-state index in [0.717, 1.165) is 5.56 Å². The number of benzene rings is 1. The van der Waals surface area contributed by atoms with Gasteiger partial charge in [-0.2, -0.15) is 0 Å². The zero-order chi connectivity index (χ0) is 21.0. The predicted molar refractivity (Wildman–Crippen MR) is 109 cm³/mol. The first kappa shape index (κ1) is 20.2. The highest BCUT2D eigenvalue weighted by atomic mass is 35.5. The molecule has 29 heavy (non-hydrogen) atoms. The largest absolute Gasteiger partial charge is 0.348 e. The van der Waals surface area contributed by atoms with E-state index >= 15 is 0 Å². The van der Waals surface area contributed by atoms with E-state index in [-0.39, 0.29) is 18.4 Å². The summed E-state index contributed by atoms with van der Waals surface area (Å²) in [5.74, 6) is -1.81. The highest BCUT2D eigenvalue weighted by Crippen LogP contribution is 2.34. The van der Waals surface area contributed by atoms with E-state index in [4.69, 9.17) is 23.2 Å². The minimum atomic E-state index is -2.74. The Labute approximate surface area is 176 Å². The second-order valence-corrected chi connectivity index (χ2v) is 9.15. The lowest BCUT2D eigenvalue weighted by Crippen LogP contribution is -2.27. The van der Waals surface area contributed by atoms with Gasteiger partial charge in [-0.3, -0.25) is 0 Å². The highest BCUT2D eigenvalue weighted by molar-refractivity contribution is 6.35. The van der Waals surface area contributed by atoms with E-state index in [9.17, 15) is 8.78 Å². The van der Waals surface area contributed by atoms with Gasteiger partial charge in [-0.05, 0) is 17.7 Å². The van der Waals surface area contributed by atoms with Crippen molar-refractivity contribution in [3.05, 3.63) is 39.6 Å². The normalized spacial score (nSPS) is 16.7.